The van der Waals surface area contributed by atoms with Gasteiger partial charge in [0, 0.05) is 6.04 Å². The number of carboxylic acid groups (broad SMARTS) is 1. The minimum absolute atomic E-state index is 0.181. The standard InChI is InChI=1S/C14H20N2O3/c1-16-7-2-3-11(16)6-8-19-13-5-4-10(14(17)18)9-12(13)15/h4-5,9,11H,2-3,6-8,15H2,1H3,(H,17,18). The smallest absolute Gasteiger partial charge is 0.335 e. The summed E-state index contributed by atoms with van der Waals surface area (Å²) < 4.78 is 5.64. The Morgan fingerprint density at radius 1 is 1.58 bits per heavy atom. The number of anilines is 1. The van der Waals surface area contributed by atoms with Gasteiger partial charge in [0.25, 0.3) is 0 Å². The van der Waals surface area contributed by atoms with Gasteiger partial charge in [-0.2, -0.15) is 0 Å². The molecule has 0 amide bonds. The van der Waals surface area contributed by atoms with Crippen LogP contribution in [0.1, 0.15) is 29.6 Å². The highest BCUT2D eigenvalue weighted by Crippen LogP contribution is 2.24. The van der Waals surface area contributed by atoms with Crippen LogP contribution < -0.4 is 10.5 Å². The van der Waals surface area contributed by atoms with Crippen LogP contribution in [-0.2, 0) is 0 Å². The largest absolute Gasteiger partial charge is 0.491 e. The molecule has 0 bridgehead atoms. The number of nitrogen functional groups attached to an aromatic ring is 1. The molecule has 5 nitrogen and oxygen atoms in total. The number of nitrogens with two attached hydrogens (primary N) is 1. The van der Waals surface area contributed by atoms with Gasteiger partial charge in [-0.1, -0.05) is 0 Å². The molecular formula is C14H20N2O3. The summed E-state index contributed by atoms with van der Waals surface area (Å²) in [6.45, 7) is 1.76. The first-order chi connectivity index (χ1) is 9.08. The third-order valence-electron chi connectivity index (χ3n) is 3.64. The van der Waals surface area contributed by atoms with E-state index in [1.165, 1.54) is 25.0 Å². The van der Waals surface area contributed by atoms with E-state index in [0.29, 0.717) is 24.1 Å². The molecule has 0 saturated carbocycles. The fourth-order valence-electron chi connectivity index (χ4n) is 2.46. The van der Waals surface area contributed by atoms with Gasteiger partial charge < -0.3 is 20.5 Å². The third kappa shape index (κ3) is 3.38. The molecule has 104 valence electrons. The summed E-state index contributed by atoms with van der Waals surface area (Å²) in [5, 5.41) is 8.85. The predicted octanol–water partition coefficient (Wildman–Crippen LogP) is 1.83. The molecule has 0 aliphatic carbocycles. The Labute approximate surface area is 113 Å². The summed E-state index contributed by atoms with van der Waals surface area (Å²) in [4.78, 5) is 13.1. The second-order valence-electron chi connectivity index (χ2n) is 4.97. The van der Waals surface area contributed by atoms with Crippen LogP contribution in [0.5, 0.6) is 5.75 Å². The number of ether oxygens (including phenoxy) is 1. The van der Waals surface area contributed by atoms with Crippen LogP contribution in [0.2, 0.25) is 0 Å². The lowest BCUT2D eigenvalue weighted by Crippen LogP contribution is -2.26. The topological polar surface area (TPSA) is 75.8 Å². The van der Waals surface area contributed by atoms with Crippen molar-refractivity contribution in [2.24, 2.45) is 0 Å². The molecule has 1 aromatic rings. The van der Waals surface area contributed by atoms with Gasteiger partial charge in [-0.05, 0) is 51.1 Å². The van der Waals surface area contributed by atoms with E-state index < -0.39 is 5.97 Å². The number of benzene rings is 1. The van der Waals surface area contributed by atoms with Crippen molar-refractivity contribution in [3.8, 4) is 5.75 Å². The van der Waals surface area contributed by atoms with Crippen molar-refractivity contribution in [3.63, 3.8) is 0 Å². The van der Waals surface area contributed by atoms with Gasteiger partial charge in [-0.25, -0.2) is 4.79 Å². The van der Waals surface area contributed by atoms with Gasteiger partial charge in [0.1, 0.15) is 5.75 Å². The lowest BCUT2D eigenvalue weighted by atomic mass is 10.1. The van der Waals surface area contributed by atoms with Crippen molar-refractivity contribution in [2.45, 2.75) is 25.3 Å². The molecule has 5 heteroatoms. The number of hydrogen-bond acceptors (Lipinski definition) is 4. The van der Waals surface area contributed by atoms with E-state index in [9.17, 15) is 4.79 Å². The molecule has 1 fully saturated rings. The first kappa shape index (κ1) is 13.7. The van der Waals surface area contributed by atoms with Crippen LogP contribution in [0.4, 0.5) is 5.69 Å². The summed E-state index contributed by atoms with van der Waals surface area (Å²) >= 11 is 0. The molecule has 1 aliphatic heterocycles. The molecule has 1 heterocycles. The van der Waals surface area contributed by atoms with Crippen molar-refractivity contribution in [3.05, 3.63) is 23.8 Å². The second-order valence-corrected chi connectivity index (χ2v) is 4.97. The Bertz CT molecular complexity index is 462. The van der Waals surface area contributed by atoms with E-state index in [-0.39, 0.29) is 5.56 Å². The van der Waals surface area contributed by atoms with Gasteiger partial charge in [0.2, 0.25) is 0 Å². The minimum atomic E-state index is -0.981. The van der Waals surface area contributed by atoms with E-state index in [1.54, 1.807) is 6.07 Å². The van der Waals surface area contributed by atoms with Gasteiger partial charge in [0.15, 0.2) is 0 Å². The van der Waals surface area contributed by atoms with Crippen molar-refractivity contribution in [1.29, 1.82) is 0 Å². The summed E-state index contributed by atoms with van der Waals surface area (Å²) in [6.07, 6.45) is 3.43. The zero-order valence-corrected chi connectivity index (χ0v) is 11.1. The molecule has 2 rings (SSSR count). The Kier molecular flexibility index (Phi) is 4.27. The SMILES string of the molecule is CN1CCCC1CCOc1ccc(C(=O)O)cc1N. The monoisotopic (exact) mass is 264 g/mol. The maximum Gasteiger partial charge on any atom is 0.335 e. The molecular weight excluding hydrogens is 244 g/mol. The third-order valence-corrected chi connectivity index (χ3v) is 3.64. The molecule has 3 N–H and O–H groups in total. The predicted molar refractivity (Wildman–Crippen MR) is 73.6 cm³/mol. The van der Waals surface area contributed by atoms with Gasteiger partial charge in [-0.3, -0.25) is 0 Å². The zero-order valence-electron chi connectivity index (χ0n) is 11.1. The molecule has 1 saturated heterocycles. The van der Waals surface area contributed by atoms with Crippen molar-refractivity contribution in [2.75, 3.05) is 25.9 Å². The maximum atomic E-state index is 10.8. The summed E-state index contributed by atoms with van der Waals surface area (Å²) in [5.41, 5.74) is 6.34. The lowest BCUT2D eigenvalue weighted by molar-refractivity contribution is 0.0697. The molecule has 1 atom stereocenters. The van der Waals surface area contributed by atoms with Crippen LogP contribution in [0, 0.1) is 0 Å². The maximum absolute atomic E-state index is 10.8. The van der Waals surface area contributed by atoms with Crippen molar-refractivity contribution < 1.29 is 14.6 Å². The number of carboxylic acids is 1. The van der Waals surface area contributed by atoms with Gasteiger partial charge >= 0.3 is 5.97 Å². The Morgan fingerprint density at radius 2 is 2.37 bits per heavy atom. The number of rotatable bonds is 5. The van der Waals surface area contributed by atoms with E-state index in [0.717, 1.165) is 13.0 Å². The van der Waals surface area contributed by atoms with E-state index in [1.807, 2.05) is 0 Å². The average Bonchev–Trinajstić information content (AvgIpc) is 2.77. The average molecular weight is 264 g/mol. The highest BCUT2D eigenvalue weighted by Gasteiger charge is 2.20. The minimum Gasteiger partial charge on any atom is -0.491 e. The van der Waals surface area contributed by atoms with Gasteiger partial charge in [0.05, 0.1) is 17.9 Å². The number of nitrogens with zero attached hydrogens (tertiary/aromatic N) is 1. The van der Waals surface area contributed by atoms with Crippen LogP contribution in [0.3, 0.4) is 0 Å². The lowest BCUT2D eigenvalue weighted by Gasteiger charge is -2.19. The first-order valence-electron chi connectivity index (χ1n) is 6.54. The van der Waals surface area contributed by atoms with Crippen molar-refractivity contribution in [1.82, 2.24) is 4.90 Å². The number of likely N-dealkylation sites (tertiary alicyclic amines) is 1. The summed E-state index contributed by atoms with van der Waals surface area (Å²) in [7, 11) is 2.13. The Hall–Kier alpha value is -1.75. The summed E-state index contributed by atoms with van der Waals surface area (Å²) in [5.74, 6) is -0.420. The quantitative estimate of drug-likeness (QED) is 0.793. The van der Waals surface area contributed by atoms with E-state index >= 15 is 0 Å². The normalized spacial score (nSPS) is 19.5. The molecule has 0 aromatic heterocycles. The zero-order chi connectivity index (χ0) is 13.8. The fraction of sp³-hybridized carbons (Fsp3) is 0.500. The molecule has 1 aliphatic rings. The molecule has 1 aromatic carbocycles. The van der Waals surface area contributed by atoms with Crippen LogP contribution in [0.25, 0.3) is 0 Å². The Morgan fingerprint density at radius 3 is 2.95 bits per heavy atom. The fourth-order valence-corrected chi connectivity index (χ4v) is 2.46. The van der Waals surface area contributed by atoms with Crippen LogP contribution in [-0.4, -0.2) is 42.2 Å². The van der Waals surface area contributed by atoms with Crippen LogP contribution >= 0.6 is 0 Å². The van der Waals surface area contributed by atoms with E-state index in [4.69, 9.17) is 15.6 Å². The molecule has 0 spiro atoms. The highest BCUT2D eigenvalue weighted by atomic mass is 16.5. The summed E-state index contributed by atoms with van der Waals surface area (Å²) in [6, 6.07) is 5.14. The van der Waals surface area contributed by atoms with Crippen molar-refractivity contribution >= 4 is 11.7 Å². The number of carbonyl (C=O) groups is 1. The first-order valence-corrected chi connectivity index (χ1v) is 6.54. The highest BCUT2D eigenvalue weighted by molar-refractivity contribution is 5.89. The molecule has 1 unspecified atom stereocenters. The molecule has 19 heavy (non-hydrogen) atoms. The second kappa shape index (κ2) is 5.93. The van der Waals surface area contributed by atoms with Crippen LogP contribution in [0.15, 0.2) is 18.2 Å². The molecule has 0 radical (unpaired) electrons. The number of hydrogen-bond donors (Lipinski definition) is 2. The van der Waals surface area contributed by atoms with E-state index in [2.05, 4.69) is 11.9 Å². The van der Waals surface area contributed by atoms with Gasteiger partial charge in [-0.15, -0.1) is 0 Å². The number of aromatic carboxylic acids is 1. The Balaban J connectivity index is 1.87.